The molecule has 0 aromatic heterocycles. The first-order valence-corrected chi connectivity index (χ1v) is 7.69. The van der Waals surface area contributed by atoms with Crippen LogP contribution in [-0.2, 0) is 9.53 Å². The zero-order valence-corrected chi connectivity index (χ0v) is 13.2. The van der Waals surface area contributed by atoms with Crippen LogP contribution in [0.1, 0.15) is 17.3 Å². The fraction of sp³-hybridized carbons (Fsp3) is 0.100. The Hall–Kier alpha value is -3.14. The van der Waals surface area contributed by atoms with E-state index >= 15 is 0 Å². The highest BCUT2D eigenvalue weighted by molar-refractivity contribution is 5.99. The minimum Gasteiger partial charge on any atom is -0.449 e. The molecule has 3 aromatic carbocycles. The van der Waals surface area contributed by atoms with Gasteiger partial charge in [0, 0.05) is 5.69 Å². The van der Waals surface area contributed by atoms with E-state index in [4.69, 9.17) is 4.74 Å². The average molecular weight is 319 g/mol. The summed E-state index contributed by atoms with van der Waals surface area (Å²) in [6.45, 7) is 1.55. The van der Waals surface area contributed by atoms with E-state index < -0.39 is 12.1 Å². The van der Waals surface area contributed by atoms with E-state index in [1.807, 2.05) is 48.5 Å². The number of hydrogen-bond donors (Lipinski definition) is 1. The first-order valence-electron chi connectivity index (χ1n) is 7.69. The molecule has 3 aromatic rings. The third-order valence-corrected chi connectivity index (χ3v) is 3.68. The predicted octanol–water partition coefficient (Wildman–Crippen LogP) is 4.02. The van der Waals surface area contributed by atoms with Crippen molar-refractivity contribution in [1.29, 1.82) is 0 Å². The van der Waals surface area contributed by atoms with E-state index in [1.54, 1.807) is 31.2 Å². The molecule has 0 radical (unpaired) electrons. The Morgan fingerprint density at radius 1 is 0.875 bits per heavy atom. The molecule has 0 bridgehead atoms. The number of esters is 1. The molecule has 4 heteroatoms. The van der Waals surface area contributed by atoms with Crippen LogP contribution in [0.3, 0.4) is 0 Å². The number of carbonyl (C=O) groups is 2. The number of hydrogen-bond acceptors (Lipinski definition) is 3. The van der Waals surface area contributed by atoms with Crippen LogP contribution < -0.4 is 5.32 Å². The molecule has 120 valence electrons. The molecule has 0 aliphatic heterocycles. The smallest absolute Gasteiger partial charge is 0.338 e. The Morgan fingerprint density at radius 2 is 1.54 bits per heavy atom. The molecule has 1 N–H and O–H groups in total. The fourth-order valence-corrected chi connectivity index (χ4v) is 2.36. The first-order chi connectivity index (χ1) is 11.6. The summed E-state index contributed by atoms with van der Waals surface area (Å²) >= 11 is 0. The molecule has 0 aliphatic rings. The van der Waals surface area contributed by atoms with E-state index in [2.05, 4.69) is 5.32 Å². The van der Waals surface area contributed by atoms with Crippen molar-refractivity contribution in [3.63, 3.8) is 0 Å². The lowest BCUT2D eigenvalue weighted by atomic mass is 10.1. The number of para-hydroxylation sites is 1. The first kappa shape index (κ1) is 15.7. The lowest BCUT2D eigenvalue weighted by Gasteiger charge is -2.13. The molecule has 1 amide bonds. The Balaban J connectivity index is 1.67. The molecule has 4 nitrogen and oxygen atoms in total. The zero-order valence-electron chi connectivity index (χ0n) is 13.2. The third kappa shape index (κ3) is 3.60. The summed E-state index contributed by atoms with van der Waals surface area (Å²) < 4.78 is 5.27. The Labute approximate surface area is 140 Å². The van der Waals surface area contributed by atoms with Crippen LogP contribution in [0.15, 0.2) is 72.8 Å². The van der Waals surface area contributed by atoms with E-state index in [1.165, 1.54) is 0 Å². The van der Waals surface area contributed by atoms with Crippen molar-refractivity contribution in [2.75, 3.05) is 5.32 Å². The van der Waals surface area contributed by atoms with Gasteiger partial charge < -0.3 is 10.1 Å². The minimum atomic E-state index is -0.885. The van der Waals surface area contributed by atoms with Crippen molar-refractivity contribution in [1.82, 2.24) is 0 Å². The van der Waals surface area contributed by atoms with E-state index in [0.717, 1.165) is 10.8 Å². The topological polar surface area (TPSA) is 55.4 Å². The number of amides is 1. The number of anilines is 1. The van der Waals surface area contributed by atoms with Crippen LogP contribution in [0.4, 0.5) is 5.69 Å². The van der Waals surface area contributed by atoms with Crippen molar-refractivity contribution in [3.8, 4) is 0 Å². The SMILES string of the molecule is C[C@H](OC(=O)c1ccc2ccccc2c1)C(=O)Nc1ccccc1. The van der Waals surface area contributed by atoms with Gasteiger partial charge in [0.15, 0.2) is 6.10 Å². The molecule has 3 rings (SSSR count). The Bertz CT molecular complexity index is 874. The second kappa shape index (κ2) is 6.96. The molecule has 1 atom stereocenters. The standard InChI is InChI=1S/C20H17NO3/c1-14(19(22)21-18-9-3-2-4-10-18)24-20(23)17-12-11-15-7-5-6-8-16(15)13-17/h2-14H,1H3,(H,21,22)/t14-/m0/s1. The van der Waals surface area contributed by atoms with Crippen molar-refractivity contribution in [2.24, 2.45) is 0 Å². The van der Waals surface area contributed by atoms with E-state index in [0.29, 0.717) is 11.3 Å². The summed E-state index contributed by atoms with van der Waals surface area (Å²) in [5.41, 5.74) is 1.09. The number of benzene rings is 3. The quantitative estimate of drug-likeness (QED) is 0.739. The number of carbonyl (C=O) groups excluding carboxylic acids is 2. The molecule has 0 heterocycles. The predicted molar refractivity (Wildman–Crippen MR) is 93.9 cm³/mol. The molecule has 0 saturated carbocycles. The largest absolute Gasteiger partial charge is 0.449 e. The van der Waals surface area contributed by atoms with Crippen LogP contribution in [0.2, 0.25) is 0 Å². The maximum atomic E-state index is 12.3. The van der Waals surface area contributed by atoms with Crippen molar-refractivity contribution in [3.05, 3.63) is 78.4 Å². The highest BCUT2D eigenvalue weighted by atomic mass is 16.5. The summed E-state index contributed by atoms with van der Waals surface area (Å²) in [6, 6.07) is 22.1. The number of rotatable bonds is 4. The molecule has 0 unspecified atom stereocenters. The van der Waals surface area contributed by atoms with Crippen LogP contribution in [0.25, 0.3) is 10.8 Å². The summed E-state index contributed by atoms with van der Waals surface area (Å²) in [5, 5.41) is 4.71. The number of ether oxygens (including phenoxy) is 1. The van der Waals surface area contributed by atoms with Crippen molar-refractivity contribution in [2.45, 2.75) is 13.0 Å². The molecule has 24 heavy (non-hydrogen) atoms. The van der Waals surface area contributed by atoms with Gasteiger partial charge >= 0.3 is 5.97 Å². The number of nitrogens with one attached hydrogen (secondary N) is 1. The highest BCUT2D eigenvalue weighted by Gasteiger charge is 2.19. The zero-order chi connectivity index (χ0) is 16.9. The van der Waals surface area contributed by atoms with Gasteiger partial charge in [-0.25, -0.2) is 4.79 Å². The summed E-state index contributed by atoms with van der Waals surface area (Å²) in [7, 11) is 0. The average Bonchev–Trinajstić information content (AvgIpc) is 2.62. The second-order valence-electron chi connectivity index (χ2n) is 5.46. The van der Waals surface area contributed by atoms with Crippen molar-refractivity contribution < 1.29 is 14.3 Å². The third-order valence-electron chi connectivity index (χ3n) is 3.68. The van der Waals surface area contributed by atoms with Gasteiger partial charge in [-0.3, -0.25) is 4.79 Å². The normalized spacial score (nSPS) is 11.7. The van der Waals surface area contributed by atoms with E-state index in [9.17, 15) is 9.59 Å². The summed E-state index contributed by atoms with van der Waals surface area (Å²) in [6.07, 6.45) is -0.885. The van der Waals surface area contributed by atoms with Gasteiger partial charge in [0.05, 0.1) is 5.56 Å². The summed E-state index contributed by atoms with van der Waals surface area (Å²) in [5.74, 6) is -0.883. The monoisotopic (exact) mass is 319 g/mol. The molecular formula is C20H17NO3. The Kier molecular flexibility index (Phi) is 4.57. The maximum Gasteiger partial charge on any atom is 0.338 e. The van der Waals surface area contributed by atoms with Gasteiger partial charge in [0.2, 0.25) is 0 Å². The van der Waals surface area contributed by atoms with Crippen LogP contribution in [-0.4, -0.2) is 18.0 Å². The summed E-state index contributed by atoms with van der Waals surface area (Å²) in [4.78, 5) is 24.4. The lowest BCUT2D eigenvalue weighted by molar-refractivity contribution is -0.123. The molecule has 0 fully saturated rings. The Morgan fingerprint density at radius 3 is 2.29 bits per heavy atom. The van der Waals surface area contributed by atoms with Gasteiger partial charge in [-0.15, -0.1) is 0 Å². The highest BCUT2D eigenvalue weighted by Crippen LogP contribution is 2.17. The van der Waals surface area contributed by atoms with Gasteiger partial charge in [-0.1, -0.05) is 48.5 Å². The van der Waals surface area contributed by atoms with Gasteiger partial charge in [0.1, 0.15) is 0 Å². The van der Waals surface area contributed by atoms with E-state index in [-0.39, 0.29) is 5.91 Å². The van der Waals surface area contributed by atoms with Crippen LogP contribution in [0, 0.1) is 0 Å². The van der Waals surface area contributed by atoms with Gasteiger partial charge in [-0.05, 0) is 42.0 Å². The second-order valence-corrected chi connectivity index (χ2v) is 5.46. The lowest BCUT2D eigenvalue weighted by Crippen LogP contribution is -2.29. The van der Waals surface area contributed by atoms with Gasteiger partial charge in [-0.2, -0.15) is 0 Å². The van der Waals surface area contributed by atoms with Crippen LogP contribution in [0.5, 0.6) is 0 Å². The van der Waals surface area contributed by atoms with Gasteiger partial charge in [0.25, 0.3) is 5.91 Å². The minimum absolute atomic E-state index is 0.365. The molecular weight excluding hydrogens is 302 g/mol. The van der Waals surface area contributed by atoms with Crippen LogP contribution >= 0.6 is 0 Å². The number of fused-ring (bicyclic) bond motifs is 1. The molecule has 0 spiro atoms. The molecule has 0 saturated heterocycles. The van der Waals surface area contributed by atoms with Crippen molar-refractivity contribution >= 4 is 28.3 Å². The fourth-order valence-electron chi connectivity index (χ4n) is 2.36. The maximum absolute atomic E-state index is 12.3. The molecule has 0 aliphatic carbocycles.